The molecule has 8 unspecified atom stereocenters. The van der Waals surface area contributed by atoms with Gasteiger partial charge in [0.1, 0.15) is 0 Å². The van der Waals surface area contributed by atoms with E-state index in [1.165, 1.54) is 44.9 Å². The van der Waals surface area contributed by atoms with E-state index in [1.54, 1.807) is 0 Å². The molecule has 10 aliphatic rings. The molecular weight excluding hydrogens is 420 g/mol. The summed E-state index contributed by atoms with van der Waals surface area (Å²) in [6, 6.07) is 0. The Morgan fingerprint density at radius 1 is 0.667 bits per heavy atom. The molecule has 10 rings (SSSR count). The zero-order chi connectivity index (χ0) is 20.4. The first-order valence-electron chi connectivity index (χ1n) is 12.7. The Balaban J connectivity index is 0.927. The van der Waals surface area contributed by atoms with Gasteiger partial charge in [-0.15, -0.1) is 0 Å². The third kappa shape index (κ3) is 0.298. The van der Waals surface area contributed by atoms with Crippen molar-refractivity contribution in [1.29, 1.82) is 0 Å². The molecule has 5 heteroatoms. The molecule has 0 aromatic rings. The second-order valence-electron chi connectivity index (χ2n) is 14.7. The summed E-state index contributed by atoms with van der Waals surface area (Å²) in [6.45, 7) is -1.80. The number of carbonyl (C=O) groups is 3. The number of hydrogen-bond donors (Lipinski definition) is 1. The van der Waals surface area contributed by atoms with Crippen molar-refractivity contribution in [1.82, 2.24) is 0 Å². The maximum atomic E-state index is 13.8. The van der Waals surface area contributed by atoms with Crippen LogP contribution < -0.4 is 0 Å². The van der Waals surface area contributed by atoms with Gasteiger partial charge < -0.3 is 0 Å². The zero-order valence-corrected chi connectivity index (χ0v) is 19.0. The average Bonchev–Trinajstić information content (AvgIpc) is 3.67. The number of unbranched alkanes of at least 4 members (excludes halogenated alkanes) is 7. The average molecular weight is 454 g/mol. The summed E-state index contributed by atoms with van der Waals surface area (Å²) in [5.41, 5.74) is 0. The first-order chi connectivity index (χ1) is 14.3. The van der Waals surface area contributed by atoms with Gasteiger partial charge in [-0.25, -0.2) is 0 Å². The Bertz CT molecular complexity index is 1370. The van der Waals surface area contributed by atoms with E-state index in [0.717, 1.165) is 51.4 Å². The van der Waals surface area contributed by atoms with E-state index in [-0.39, 0.29) is 21.5 Å². The molecule has 0 saturated carbocycles. The maximum absolute atomic E-state index is 13.8. The van der Waals surface area contributed by atoms with Crippen LogP contribution in [0.1, 0.15) is 77.6 Å². The number of hydrogen-bond acceptors (Lipinski definition) is 3. The summed E-state index contributed by atoms with van der Waals surface area (Å²) < 4.78 is 0.118. The number of carbonyl (C=O) groups excluding carboxylic acids is 2. The minimum atomic E-state index is -4.05. The molecule has 8 atom stereocenters. The number of carboxylic acids is 1. The molecule has 10 heterocycles. The van der Waals surface area contributed by atoms with Crippen LogP contribution in [0, 0.1) is 0 Å². The van der Waals surface area contributed by atoms with E-state index in [0.29, 0.717) is 11.6 Å². The quantitative estimate of drug-likeness (QED) is 0.236. The summed E-state index contributed by atoms with van der Waals surface area (Å²) in [4.78, 5) is 45.1. The van der Waals surface area contributed by atoms with Gasteiger partial charge >= 0.3 is 168 Å². The molecule has 1 N–H and O–H groups in total. The molecule has 10 saturated heterocycles. The zero-order valence-electron chi connectivity index (χ0n) is 17.9. The Morgan fingerprint density at radius 3 is 1.53 bits per heavy atom. The van der Waals surface area contributed by atoms with Crippen LogP contribution in [-0.4, -0.2) is 22.6 Å². The molecule has 0 aromatic heterocycles. The summed E-state index contributed by atoms with van der Waals surface area (Å²) in [6.07, 6.45) is 11.2. The van der Waals surface area contributed by atoms with E-state index in [2.05, 4.69) is 6.92 Å². The Hall–Kier alpha value is -0.671. The Labute approximate surface area is 168 Å². The SMILES string of the molecule is CCCCCCCCCCC(=O)[C]12[CH]3[CH]4[CH]5[CH]1[Fe]45321678[CH]2[CH]1[CH]6[C]7(C(=O)CCC(=O)O)[CH]28. The Morgan fingerprint density at radius 2 is 1.10 bits per heavy atom. The molecule has 166 valence electrons. The van der Waals surface area contributed by atoms with Crippen molar-refractivity contribution in [3.8, 4) is 0 Å². The standard InChI is InChI=1S/C16H25O.C9H9O3.Fe/c1-2-3-4-5-6-7-8-9-14-16(17)15-12-10-11-13-15;10-8(5-6-9(11)12)7-3-1-2-4-7;/h10-13H,2-9,14H2,1H3;1-4H,5-6H2,(H,11,12);. The molecule has 10 aliphatic heterocycles. The minimum absolute atomic E-state index is 0.00120. The van der Waals surface area contributed by atoms with E-state index in [4.69, 9.17) is 5.11 Å². The Kier molecular flexibility index (Phi) is 1.12. The summed E-state index contributed by atoms with van der Waals surface area (Å²) in [5.74, 6) is 0.163. The van der Waals surface area contributed by atoms with Crippen LogP contribution in [0.2, 0.25) is 47.2 Å². The van der Waals surface area contributed by atoms with E-state index in [9.17, 15) is 14.4 Å². The molecule has 0 aromatic carbocycles. The van der Waals surface area contributed by atoms with Crippen molar-refractivity contribution in [3.63, 3.8) is 0 Å². The van der Waals surface area contributed by atoms with Gasteiger partial charge in [-0.05, 0) is 0 Å². The topological polar surface area (TPSA) is 71.4 Å². The molecular formula is C25H34FeO4. The van der Waals surface area contributed by atoms with Gasteiger partial charge in [0.25, 0.3) is 0 Å². The first kappa shape index (κ1) is 16.0. The van der Waals surface area contributed by atoms with Crippen molar-refractivity contribution in [3.05, 3.63) is 0 Å². The fraction of sp³-hybridized carbons (Fsp3) is 0.880. The molecule has 4 nitrogen and oxygen atoms in total. The van der Waals surface area contributed by atoms with Gasteiger partial charge in [0.05, 0.1) is 0 Å². The van der Waals surface area contributed by atoms with Gasteiger partial charge in [0.2, 0.25) is 0 Å². The van der Waals surface area contributed by atoms with E-state index >= 15 is 0 Å². The second kappa shape index (κ2) is 2.10. The fourth-order valence-corrected chi connectivity index (χ4v) is 96.2. The predicted molar refractivity (Wildman–Crippen MR) is 109 cm³/mol. The number of carboxylic acid groups (broad SMARTS) is 1. The van der Waals surface area contributed by atoms with Crippen molar-refractivity contribution in [2.45, 2.75) is 125 Å². The van der Waals surface area contributed by atoms with E-state index < -0.39 is 12.5 Å². The summed E-state index contributed by atoms with van der Waals surface area (Å²) in [5, 5.41) is 9.13. The molecule has 0 aliphatic carbocycles. The number of fused-ring (bicyclic) bond motifs is 10. The van der Waals surface area contributed by atoms with Crippen molar-refractivity contribution in [2.24, 2.45) is 0 Å². The molecule has 10 fully saturated rings. The summed E-state index contributed by atoms with van der Waals surface area (Å²) >= 11 is 0. The third-order valence-corrected chi connectivity index (χ3v) is 61.3. The van der Waals surface area contributed by atoms with Gasteiger partial charge in [-0.3, -0.25) is 0 Å². The number of aliphatic carboxylic acids is 1. The normalized spacial score (nSPS) is 74.8. The van der Waals surface area contributed by atoms with Crippen molar-refractivity contribution < 1.29 is 26.0 Å². The van der Waals surface area contributed by atoms with Gasteiger partial charge in [-0.1, -0.05) is 0 Å². The second-order valence-corrected chi connectivity index (χ2v) is 37.9. The van der Waals surface area contributed by atoms with Crippen LogP contribution >= 0.6 is 0 Å². The van der Waals surface area contributed by atoms with Crippen LogP contribution in [-0.2, 0) is 20.9 Å². The van der Waals surface area contributed by atoms with Gasteiger partial charge in [-0.2, -0.15) is 0 Å². The number of rotatable bonds is 14. The fourth-order valence-electron chi connectivity index (χ4n) is 20.1. The summed E-state index contributed by atoms with van der Waals surface area (Å²) in [7, 11) is 0. The van der Waals surface area contributed by atoms with Crippen LogP contribution in [0.25, 0.3) is 0 Å². The number of Topliss-reactive ketones (excluding diaryl/α,β-unsaturated/α-hetero) is 2. The van der Waals surface area contributed by atoms with Gasteiger partial charge in [0.15, 0.2) is 0 Å². The van der Waals surface area contributed by atoms with Crippen molar-refractivity contribution >= 4 is 17.5 Å². The molecule has 0 amide bonds. The van der Waals surface area contributed by atoms with Crippen LogP contribution in [0.4, 0.5) is 0 Å². The monoisotopic (exact) mass is 454 g/mol. The van der Waals surface area contributed by atoms with Gasteiger partial charge in [0, 0.05) is 0 Å². The molecule has 0 radical (unpaired) electrons. The predicted octanol–water partition coefficient (Wildman–Crippen LogP) is 6.65. The third-order valence-electron chi connectivity index (χ3n) is 18.5. The van der Waals surface area contributed by atoms with Crippen molar-refractivity contribution in [2.75, 3.05) is 0 Å². The van der Waals surface area contributed by atoms with Crippen LogP contribution in [0.3, 0.4) is 0 Å². The molecule has 30 heavy (non-hydrogen) atoms. The number of ketones is 2. The first-order valence-corrected chi connectivity index (χ1v) is 18.9. The molecule has 0 bridgehead atoms. The van der Waals surface area contributed by atoms with Crippen LogP contribution in [0.5, 0.6) is 0 Å². The van der Waals surface area contributed by atoms with Crippen LogP contribution in [0.15, 0.2) is 0 Å². The van der Waals surface area contributed by atoms with E-state index in [1.807, 2.05) is 0 Å². The molecule has 1 spiro atoms.